The van der Waals surface area contributed by atoms with Gasteiger partial charge >= 0.3 is 0 Å². The first-order valence-electron chi connectivity index (χ1n) is 6.92. The van der Waals surface area contributed by atoms with Crippen LogP contribution in [-0.2, 0) is 13.0 Å². The molecule has 0 atom stereocenters. The molecule has 0 aliphatic heterocycles. The van der Waals surface area contributed by atoms with E-state index in [1.54, 1.807) is 0 Å². The van der Waals surface area contributed by atoms with Crippen LogP contribution in [0.15, 0.2) is 30.5 Å². The normalized spacial score (nSPS) is 11.2. The molecule has 3 nitrogen and oxygen atoms in total. The van der Waals surface area contributed by atoms with Crippen LogP contribution in [0.1, 0.15) is 42.1 Å². The Kier molecular flexibility index (Phi) is 4.38. The van der Waals surface area contributed by atoms with Crippen LogP contribution < -0.4 is 5.73 Å². The van der Waals surface area contributed by atoms with Crippen molar-refractivity contribution in [3.05, 3.63) is 52.8 Å². The van der Waals surface area contributed by atoms with Crippen molar-refractivity contribution in [3.8, 4) is 0 Å². The standard InChI is InChI=1S/C16H23N3/c1-12(2)16-7-9-18-19(16)11-15-5-4-14(6-8-17)10-13(15)3/h4-5,7,9-10,12H,6,8,11,17H2,1-3H3. The minimum atomic E-state index is 0.499. The van der Waals surface area contributed by atoms with E-state index in [-0.39, 0.29) is 0 Å². The molecule has 0 saturated carbocycles. The van der Waals surface area contributed by atoms with Crippen LogP contribution in [0.3, 0.4) is 0 Å². The van der Waals surface area contributed by atoms with Gasteiger partial charge in [0.05, 0.1) is 6.54 Å². The molecule has 2 aromatic rings. The summed E-state index contributed by atoms with van der Waals surface area (Å²) in [6.45, 7) is 8.11. The summed E-state index contributed by atoms with van der Waals surface area (Å²) in [4.78, 5) is 0. The van der Waals surface area contributed by atoms with Crippen molar-refractivity contribution in [3.63, 3.8) is 0 Å². The number of nitrogens with zero attached hydrogens (tertiary/aromatic N) is 2. The Morgan fingerprint density at radius 2 is 2.05 bits per heavy atom. The average molecular weight is 257 g/mol. The fourth-order valence-corrected chi connectivity index (χ4v) is 2.38. The molecule has 0 aliphatic rings. The van der Waals surface area contributed by atoms with Crippen molar-refractivity contribution in [2.24, 2.45) is 5.73 Å². The molecular formula is C16H23N3. The maximum absolute atomic E-state index is 5.60. The van der Waals surface area contributed by atoms with E-state index in [0.717, 1.165) is 13.0 Å². The zero-order valence-corrected chi connectivity index (χ0v) is 12.1. The number of nitrogens with two attached hydrogens (primary N) is 1. The van der Waals surface area contributed by atoms with Gasteiger partial charge in [-0.3, -0.25) is 4.68 Å². The Labute approximate surface area is 115 Å². The van der Waals surface area contributed by atoms with Gasteiger partial charge in [-0.25, -0.2) is 0 Å². The maximum Gasteiger partial charge on any atom is 0.0665 e. The first-order chi connectivity index (χ1) is 9.11. The molecule has 0 saturated heterocycles. The molecule has 0 fully saturated rings. The summed E-state index contributed by atoms with van der Waals surface area (Å²) in [6.07, 6.45) is 2.83. The molecule has 0 radical (unpaired) electrons. The third kappa shape index (κ3) is 3.24. The van der Waals surface area contributed by atoms with Crippen molar-refractivity contribution in [2.45, 2.75) is 39.7 Å². The molecule has 0 amide bonds. The van der Waals surface area contributed by atoms with Crippen LogP contribution >= 0.6 is 0 Å². The number of hydrogen-bond donors (Lipinski definition) is 1. The van der Waals surface area contributed by atoms with Crippen LogP contribution in [0, 0.1) is 6.92 Å². The van der Waals surface area contributed by atoms with E-state index in [9.17, 15) is 0 Å². The molecule has 1 aromatic carbocycles. The first kappa shape index (κ1) is 13.8. The summed E-state index contributed by atoms with van der Waals surface area (Å²) >= 11 is 0. The highest BCUT2D eigenvalue weighted by Gasteiger charge is 2.08. The molecule has 0 aliphatic carbocycles. The molecule has 2 rings (SSSR count). The second-order valence-electron chi connectivity index (χ2n) is 5.37. The van der Waals surface area contributed by atoms with Crippen molar-refractivity contribution >= 4 is 0 Å². The van der Waals surface area contributed by atoms with Gasteiger partial charge < -0.3 is 5.73 Å². The lowest BCUT2D eigenvalue weighted by molar-refractivity contribution is 0.616. The highest BCUT2D eigenvalue weighted by Crippen LogP contribution is 2.17. The minimum Gasteiger partial charge on any atom is -0.330 e. The minimum absolute atomic E-state index is 0.499. The Bertz CT molecular complexity index is 541. The summed E-state index contributed by atoms with van der Waals surface area (Å²) in [5.41, 5.74) is 10.8. The molecule has 0 bridgehead atoms. The quantitative estimate of drug-likeness (QED) is 0.895. The SMILES string of the molecule is Cc1cc(CCN)ccc1Cn1nccc1C(C)C. The Balaban J connectivity index is 2.21. The summed E-state index contributed by atoms with van der Waals surface area (Å²) in [6, 6.07) is 8.71. The van der Waals surface area contributed by atoms with Crippen LogP contribution in [0.25, 0.3) is 0 Å². The molecule has 1 aromatic heterocycles. The molecule has 19 heavy (non-hydrogen) atoms. The molecule has 1 heterocycles. The molecule has 3 heteroatoms. The smallest absolute Gasteiger partial charge is 0.0665 e. The Hall–Kier alpha value is -1.61. The number of rotatable bonds is 5. The van der Waals surface area contributed by atoms with E-state index in [2.05, 4.69) is 54.8 Å². The number of aromatic nitrogens is 2. The topological polar surface area (TPSA) is 43.8 Å². The van der Waals surface area contributed by atoms with E-state index < -0.39 is 0 Å². The number of benzene rings is 1. The van der Waals surface area contributed by atoms with Gasteiger partial charge in [-0.05, 0) is 48.6 Å². The summed E-state index contributed by atoms with van der Waals surface area (Å²) in [5, 5.41) is 4.43. The van der Waals surface area contributed by atoms with Crippen LogP contribution in [0.5, 0.6) is 0 Å². The van der Waals surface area contributed by atoms with Crippen molar-refractivity contribution in [1.82, 2.24) is 9.78 Å². The van der Waals surface area contributed by atoms with Gasteiger partial charge in [-0.2, -0.15) is 5.10 Å². The zero-order chi connectivity index (χ0) is 13.8. The molecular weight excluding hydrogens is 234 g/mol. The van der Waals surface area contributed by atoms with Gasteiger partial charge in [0, 0.05) is 11.9 Å². The first-order valence-corrected chi connectivity index (χ1v) is 6.92. The number of hydrogen-bond acceptors (Lipinski definition) is 2. The van der Waals surface area contributed by atoms with E-state index in [1.807, 2.05) is 6.20 Å². The predicted octanol–water partition coefficient (Wildman–Crippen LogP) is 2.86. The fourth-order valence-electron chi connectivity index (χ4n) is 2.38. The summed E-state index contributed by atoms with van der Waals surface area (Å²) in [7, 11) is 0. The van der Waals surface area contributed by atoms with E-state index in [1.165, 1.54) is 22.4 Å². The predicted molar refractivity (Wildman–Crippen MR) is 79.4 cm³/mol. The highest BCUT2D eigenvalue weighted by molar-refractivity contribution is 5.31. The lowest BCUT2D eigenvalue weighted by Gasteiger charge is -2.13. The van der Waals surface area contributed by atoms with Crippen LogP contribution in [0.2, 0.25) is 0 Å². The zero-order valence-electron chi connectivity index (χ0n) is 12.1. The van der Waals surface area contributed by atoms with Crippen molar-refractivity contribution in [1.29, 1.82) is 0 Å². The summed E-state index contributed by atoms with van der Waals surface area (Å²) in [5.74, 6) is 0.499. The van der Waals surface area contributed by atoms with Crippen LogP contribution in [-0.4, -0.2) is 16.3 Å². The lowest BCUT2D eigenvalue weighted by Crippen LogP contribution is -2.09. The monoisotopic (exact) mass is 257 g/mol. The Morgan fingerprint density at radius 1 is 1.26 bits per heavy atom. The lowest BCUT2D eigenvalue weighted by atomic mass is 10.0. The van der Waals surface area contributed by atoms with Gasteiger partial charge in [0.1, 0.15) is 0 Å². The highest BCUT2D eigenvalue weighted by atomic mass is 15.3. The van der Waals surface area contributed by atoms with E-state index >= 15 is 0 Å². The summed E-state index contributed by atoms with van der Waals surface area (Å²) < 4.78 is 2.09. The maximum atomic E-state index is 5.60. The average Bonchev–Trinajstić information content (AvgIpc) is 2.81. The van der Waals surface area contributed by atoms with Crippen molar-refractivity contribution < 1.29 is 0 Å². The Morgan fingerprint density at radius 3 is 2.68 bits per heavy atom. The molecule has 0 spiro atoms. The third-order valence-corrected chi connectivity index (χ3v) is 3.50. The van der Waals surface area contributed by atoms with Gasteiger partial charge in [-0.1, -0.05) is 32.0 Å². The second kappa shape index (κ2) is 6.02. The number of aryl methyl sites for hydroxylation is 1. The van der Waals surface area contributed by atoms with Crippen LogP contribution in [0.4, 0.5) is 0 Å². The third-order valence-electron chi connectivity index (χ3n) is 3.50. The van der Waals surface area contributed by atoms with Crippen molar-refractivity contribution in [2.75, 3.05) is 6.54 Å². The van der Waals surface area contributed by atoms with Gasteiger partial charge in [0.25, 0.3) is 0 Å². The molecule has 102 valence electrons. The van der Waals surface area contributed by atoms with Gasteiger partial charge in [0.2, 0.25) is 0 Å². The second-order valence-corrected chi connectivity index (χ2v) is 5.37. The molecule has 2 N–H and O–H groups in total. The fraction of sp³-hybridized carbons (Fsp3) is 0.438. The van der Waals surface area contributed by atoms with Gasteiger partial charge in [0.15, 0.2) is 0 Å². The van der Waals surface area contributed by atoms with E-state index in [0.29, 0.717) is 12.5 Å². The molecule has 0 unspecified atom stereocenters. The largest absolute Gasteiger partial charge is 0.330 e. The van der Waals surface area contributed by atoms with Gasteiger partial charge in [-0.15, -0.1) is 0 Å². The van der Waals surface area contributed by atoms with E-state index in [4.69, 9.17) is 5.73 Å².